The quantitative estimate of drug-likeness (QED) is 0.610. The standard InChI is InChI=1S/C22H14F3NO5/c23-22(24,25)19-6-5-12(31-19)9-26-15-4-2-1-3-13(15)21(20(26)27)10-28-16-8-18-17(7-14(16)21)29-11-30-18/h1-8H,9-11H2/t21-/m1/s1. The molecule has 4 heterocycles. The van der Waals surface area contributed by atoms with E-state index < -0.39 is 17.4 Å². The number of carbonyl (C=O) groups is 1. The predicted octanol–water partition coefficient (Wildman–Crippen LogP) is 4.25. The Morgan fingerprint density at radius 2 is 1.71 bits per heavy atom. The summed E-state index contributed by atoms with van der Waals surface area (Å²) in [5, 5.41) is 0. The maximum atomic E-state index is 13.8. The van der Waals surface area contributed by atoms with Gasteiger partial charge in [-0.2, -0.15) is 13.2 Å². The van der Waals surface area contributed by atoms with Gasteiger partial charge in [-0.15, -0.1) is 0 Å². The van der Waals surface area contributed by atoms with Gasteiger partial charge in [-0.3, -0.25) is 4.79 Å². The summed E-state index contributed by atoms with van der Waals surface area (Å²) in [6.45, 7) is 0.0268. The van der Waals surface area contributed by atoms with Crippen LogP contribution >= 0.6 is 0 Å². The first-order valence-electron chi connectivity index (χ1n) is 9.52. The van der Waals surface area contributed by atoms with E-state index in [4.69, 9.17) is 18.6 Å². The van der Waals surface area contributed by atoms with E-state index in [0.717, 1.165) is 11.6 Å². The van der Waals surface area contributed by atoms with Crippen molar-refractivity contribution in [2.45, 2.75) is 18.1 Å². The number of benzene rings is 2. The molecule has 1 aromatic heterocycles. The number of hydrogen-bond acceptors (Lipinski definition) is 5. The van der Waals surface area contributed by atoms with Crippen LogP contribution in [0.3, 0.4) is 0 Å². The normalized spacial score (nSPS) is 20.9. The van der Waals surface area contributed by atoms with Crippen molar-refractivity contribution in [3.05, 3.63) is 71.2 Å². The first-order valence-corrected chi connectivity index (χ1v) is 9.52. The monoisotopic (exact) mass is 429 g/mol. The molecule has 1 atom stereocenters. The Hall–Kier alpha value is -3.62. The number of anilines is 1. The molecule has 6 rings (SSSR count). The summed E-state index contributed by atoms with van der Waals surface area (Å²) in [7, 11) is 0. The molecule has 0 N–H and O–H groups in total. The lowest BCUT2D eigenvalue weighted by Gasteiger charge is -2.22. The van der Waals surface area contributed by atoms with Crippen LogP contribution in [0.1, 0.15) is 22.6 Å². The van der Waals surface area contributed by atoms with Crippen molar-refractivity contribution < 1.29 is 36.6 Å². The van der Waals surface area contributed by atoms with Crippen molar-refractivity contribution in [1.29, 1.82) is 0 Å². The van der Waals surface area contributed by atoms with Crippen molar-refractivity contribution in [3.63, 3.8) is 0 Å². The molecule has 3 aromatic rings. The first kappa shape index (κ1) is 18.2. The number of alkyl halides is 3. The maximum Gasteiger partial charge on any atom is 0.449 e. The van der Waals surface area contributed by atoms with Crippen LogP contribution in [0.25, 0.3) is 0 Å². The van der Waals surface area contributed by atoms with Crippen molar-refractivity contribution >= 4 is 11.6 Å². The molecule has 1 amide bonds. The summed E-state index contributed by atoms with van der Waals surface area (Å²) >= 11 is 0. The molecule has 3 aliphatic rings. The largest absolute Gasteiger partial charge is 0.491 e. The Labute approximate surface area is 173 Å². The van der Waals surface area contributed by atoms with Gasteiger partial charge in [0.05, 0.1) is 6.54 Å². The summed E-state index contributed by atoms with van der Waals surface area (Å²) in [5.41, 5.74) is 0.853. The topological polar surface area (TPSA) is 61.1 Å². The van der Waals surface area contributed by atoms with Crippen LogP contribution in [0.15, 0.2) is 52.9 Å². The zero-order chi connectivity index (χ0) is 21.4. The highest BCUT2D eigenvalue weighted by Gasteiger charge is 2.57. The zero-order valence-corrected chi connectivity index (χ0v) is 15.9. The lowest BCUT2D eigenvalue weighted by atomic mass is 9.77. The van der Waals surface area contributed by atoms with E-state index in [0.29, 0.717) is 28.5 Å². The van der Waals surface area contributed by atoms with E-state index in [-0.39, 0.29) is 31.6 Å². The number of fused-ring (bicyclic) bond motifs is 5. The number of carbonyl (C=O) groups excluding carboxylic acids is 1. The number of hydrogen-bond donors (Lipinski definition) is 0. The Balaban J connectivity index is 1.44. The summed E-state index contributed by atoms with van der Waals surface area (Å²) in [6, 6.07) is 12.7. The second kappa shape index (κ2) is 5.96. The maximum absolute atomic E-state index is 13.8. The third-order valence-electron chi connectivity index (χ3n) is 5.90. The molecule has 0 fully saturated rings. The predicted molar refractivity (Wildman–Crippen MR) is 100 cm³/mol. The second-order valence-electron chi connectivity index (χ2n) is 7.57. The van der Waals surface area contributed by atoms with E-state index in [2.05, 4.69) is 0 Å². The summed E-state index contributed by atoms with van der Waals surface area (Å²) in [6.07, 6.45) is -4.59. The average molecular weight is 429 g/mol. The van der Waals surface area contributed by atoms with Gasteiger partial charge in [0.1, 0.15) is 23.5 Å². The minimum atomic E-state index is -4.59. The van der Waals surface area contributed by atoms with Gasteiger partial charge in [0, 0.05) is 17.3 Å². The van der Waals surface area contributed by atoms with E-state index in [9.17, 15) is 18.0 Å². The van der Waals surface area contributed by atoms with E-state index in [1.54, 1.807) is 24.3 Å². The minimum absolute atomic E-state index is 0.0392. The number of furan rings is 1. The fourth-order valence-electron chi connectivity index (χ4n) is 4.49. The molecule has 9 heteroatoms. The molecule has 6 nitrogen and oxygen atoms in total. The second-order valence-corrected chi connectivity index (χ2v) is 7.57. The van der Waals surface area contributed by atoms with Crippen LogP contribution in [0, 0.1) is 0 Å². The van der Waals surface area contributed by atoms with E-state index in [1.165, 1.54) is 11.0 Å². The van der Waals surface area contributed by atoms with Crippen LogP contribution in [0.2, 0.25) is 0 Å². The summed E-state index contributed by atoms with van der Waals surface area (Å²) in [5.74, 6) is 0.231. The molecule has 2 aromatic carbocycles. The van der Waals surface area contributed by atoms with Gasteiger partial charge in [-0.1, -0.05) is 18.2 Å². The lowest BCUT2D eigenvalue weighted by molar-refractivity contribution is -0.153. The molecule has 158 valence electrons. The Bertz CT molecular complexity index is 1230. The van der Waals surface area contributed by atoms with Crippen LogP contribution in [0.5, 0.6) is 17.2 Å². The highest BCUT2D eigenvalue weighted by atomic mass is 19.4. The molecule has 0 unspecified atom stereocenters. The third kappa shape index (κ3) is 2.43. The van der Waals surface area contributed by atoms with Crippen molar-refractivity contribution in [3.8, 4) is 17.2 Å². The average Bonchev–Trinajstić information content (AvgIpc) is 3.50. The van der Waals surface area contributed by atoms with Crippen molar-refractivity contribution in [2.75, 3.05) is 18.3 Å². The van der Waals surface area contributed by atoms with Gasteiger partial charge in [0.15, 0.2) is 11.5 Å². The number of halogens is 3. The third-order valence-corrected chi connectivity index (χ3v) is 5.90. The van der Waals surface area contributed by atoms with Crippen molar-refractivity contribution in [2.24, 2.45) is 0 Å². The molecule has 0 saturated carbocycles. The fraction of sp³-hybridized carbons (Fsp3) is 0.227. The minimum Gasteiger partial charge on any atom is -0.491 e. The SMILES string of the molecule is O=C1N(Cc2ccc(C(F)(F)F)o2)c2ccccc2[C@@]12COc1cc3c(cc12)OCO3. The lowest BCUT2D eigenvalue weighted by Crippen LogP contribution is -2.42. The Morgan fingerprint density at radius 3 is 2.48 bits per heavy atom. The summed E-state index contributed by atoms with van der Waals surface area (Å²) < 4.78 is 60.5. The van der Waals surface area contributed by atoms with Crippen molar-refractivity contribution in [1.82, 2.24) is 0 Å². The van der Waals surface area contributed by atoms with Crippen LogP contribution in [-0.2, 0) is 22.9 Å². The van der Waals surface area contributed by atoms with Gasteiger partial charge < -0.3 is 23.5 Å². The fourth-order valence-corrected chi connectivity index (χ4v) is 4.49. The van der Waals surface area contributed by atoms with Gasteiger partial charge >= 0.3 is 6.18 Å². The molecular formula is C22H14F3NO5. The number of ether oxygens (including phenoxy) is 3. The highest BCUT2D eigenvalue weighted by Crippen LogP contribution is 2.55. The van der Waals surface area contributed by atoms with E-state index >= 15 is 0 Å². The highest BCUT2D eigenvalue weighted by molar-refractivity contribution is 6.11. The molecular weight excluding hydrogens is 415 g/mol. The molecule has 31 heavy (non-hydrogen) atoms. The molecule has 0 saturated heterocycles. The Morgan fingerprint density at radius 1 is 0.935 bits per heavy atom. The van der Waals surface area contributed by atoms with Gasteiger partial charge in [0.2, 0.25) is 18.5 Å². The molecule has 0 bridgehead atoms. The molecule has 3 aliphatic heterocycles. The van der Waals surface area contributed by atoms with Crippen LogP contribution in [-0.4, -0.2) is 19.3 Å². The number of nitrogens with zero attached hydrogens (tertiary/aromatic N) is 1. The van der Waals surface area contributed by atoms with Crippen LogP contribution in [0.4, 0.5) is 18.9 Å². The Kier molecular flexibility index (Phi) is 3.50. The number of rotatable bonds is 2. The smallest absolute Gasteiger partial charge is 0.449 e. The zero-order valence-electron chi connectivity index (χ0n) is 15.9. The summed E-state index contributed by atoms with van der Waals surface area (Å²) in [4.78, 5) is 15.2. The van der Waals surface area contributed by atoms with E-state index in [1.807, 2.05) is 12.1 Å². The van der Waals surface area contributed by atoms with Crippen LogP contribution < -0.4 is 19.1 Å². The van der Waals surface area contributed by atoms with Gasteiger partial charge in [-0.25, -0.2) is 0 Å². The first-order chi connectivity index (χ1) is 14.9. The molecule has 0 aliphatic carbocycles. The molecule has 1 spiro atoms. The van der Waals surface area contributed by atoms with Gasteiger partial charge in [-0.05, 0) is 29.8 Å². The van der Waals surface area contributed by atoms with Gasteiger partial charge in [0.25, 0.3) is 0 Å². The molecule has 0 radical (unpaired) electrons. The number of para-hydroxylation sites is 1. The number of amides is 1.